The van der Waals surface area contributed by atoms with Gasteiger partial charge in [-0.05, 0) is 25.5 Å². The Hall–Kier alpha value is -2.97. The molecule has 0 radical (unpaired) electrons. The highest BCUT2D eigenvalue weighted by atomic mass is 16.6. The Bertz CT molecular complexity index is 629. The molecule has 136 valence electrons. The van der Waals surface area contributed by atoms with Gasteiger partial charge in [0.2, 0.25) is 0 Å². The molecule has 9 heteroatoms. The van der Waals surface area contributed by atoms with Crippen molar-refractivity contribution >= 4 is 23.5 Å². The first-order valence-corrected chi connectivity index (χ1v) is 7.81. The van der Waals surface area contributed by atoms with Gasteiger partial charge < -0.3 is 15.4 Å². The molecule has 0 unspecified atom stereocenters. The molecule has 2 N–H and O–H groups in total. The van der Waals surface area contributed by atoms with Crippen LogP contribution in [0.5, 0.6) is 0 Å². The topological polar surface area (TPSA) is 128 Å². The van der Waals surface area contributed by atoms with Crippen molar-refractivity contribution in [2.24, 2.45) is 0 Å². The Morgan fingerprint density at radius 1 is 1.24 bits per heavy atom. The second-order valence-corrected chi connectivity index (χ2v) is 5.35. The molecule has 0 saturated heterocycles. The van der Waals surface area contributed by atoms with Crippen LogP contribution in [0.25, 0.3) is 0 Å². The van der Waals surface area contributed by atoms with Gasteiger partial charge in [-0.2, -0.15) is 0 Å². The summed E-state index contributed by atoms with van der Waals surface area (Å²) in [6.45, 7) is 3.43. The number of nitrogens with zero attached hydrogens (tertiary/aromatic N) is 1. The molecule has 0 aliphatic rings. The van der Waals surface area contributed by atoms with Crippen LogP contribution in [0.15, 0.2) is 24.3 Å². The van der Waals surface area contributed by atoms with E-state index in [4.69, 9.17) is 4.74 Å². The fourth-order valence-corrected chi connectivity index (χ4v) is 1.75. The van der Waals surface area contributed by atoms with E-state index in [-0.39, 0.29) is 42.8 Å². The number of nitro benzene ring substituents is 1. The SMILES string of the molecule is CC[C@@H](C)NC(=O)COC(=O)CCNC(=O)c1ccc([N+](=O)[O-])cc1. The van der Waals surface area contributed by atoms with Crippen LogP contribution in [0, 0.1) is 10.1 Å². The van der Waals surface area contributed by atoms with Crippen LogP contribution >= 0.6 is 0 Å². The second kappa shape index (κ2) is 10.0. The normalized spacial score (nSPS) is 11.3. The van der Waals surface area contributed by atoms with E-state index < -0.39 is 16.8 Å². The molecule has 0 fully saturated rings. The van der Waals surface area contributed by atoms with E-state index in [0.29, 0.717) is 0 Å². The summed E-state index contributed by atoms with van der Waals surface area (Å²) in [7, 11) is 0. The number of nitro groups is 1. The van der Waals surface area contributed by atoms with Crippen molar-refractivity contribution < 1.29 is 24.0 Å². The third-order valence-corrected chi connectivity index (χ3v) is 3.34. The summed E-state index contributed by atoms with van der Waals surface area (Å²) in [6.07, 6.45) is 0.684. The van der Waals surface area contributed by atoms with Gasteiger partial charge in [-0.1, -0.05) is 6.92 Å². The van der Waals surface area contributed by atoms with E-state index in [0.717, 1.165) is 6.42 Å². The maximum Gasteiger partial charge on any atom is 0.308 e. The summed E-state index contributed by atoms with van der Waals surface area (Å²) < 4.78 is 4.80. The number of hydrogen-bond donors (Lipinski definition) is 2. The van der Waals surface area contributed by atoms with Crippen molar-refractivity contribution in [3.63, 3.8) is 0 Å². The zero-order chi connectivity index (χ0) is 18.8. The summed E-state index contributed by atoms with van der Waals surface area (Å²) >= 11 is 0. The Balaban J connectivity index is 2.29. The highest BCUT2D eigenvalue weighted by Crippen LogP contribution is 2.11. The molecular formula is C16H21N3O6. The van der Waals surface area contributed by atoms with Gasteiger partial charge in [-0.3, -0.25) is 24.5 Å². The number of ether oxygens (including phenoxy) is 1. The number of carbonyl (C=O) groups is 3. The molecule has 25 heavy (non-hydrogen) atoms. The van der Waals surface area contributed by atoms with Gasteiger partial charge in [0.25, 0.3) is 17.5 Å². The van der Waals surface area contributed by atoms with Crippen molar-refractivity contribution in [2.75, 3.05) is 13.2 Å². The Morgan fingerprint density at radius 2 is 1.88 bits per heavy atom. The lowest BCUT2D eigenvalue weighted by Crippen LogP contribution is -2.35. The first-order valence-electron chi connectivity index (χ1n) is 7.81. The van der Waals surface area contributed by atoms with Gasteiger partial charge in [0.1, 0.15) is 0 Å². The molecule has 0 saturated carbocycles. The minimum Gasteiger partial charge on any atom is -0.456 e. The zero-order valence-electron chi connectivity index (χ0n) is 14.1. The molecule has 0 aliphatic carbocycles. The van der Waals surface area contributed by atoms with Crippen molar-refractivity contribution in [1.29, 1.82) is 0 Å². The van der Waals surface area contributed by atoms with Crippen molar-refractivity contribution in [2.45, 2.75) is 32.7 Å². The largest absolute Gasteiger partial charge is 0.456 e. The van der Waals surface area contributed by atoms with Crippen LogP contribution in [-0.2, 0) is 14.3 Å². The standard InChI is InChI=1S/C16H21N3O6/c1-3-11(2)18-14(20)10-25-15(21)8-9-17-16(22)12-4-6-13(7-5-12)19(23)24/h4-7,11H,3,8-10H2,1-2H3,(H,17,22)(H,18,20)/t11-/m1/s1. The second-order valence-electron chi connectivity index (χ2n) is 5.35. The van der Waals surface area contributed by atoms with Crippen molar-refractivity contribution in [1.82, 2.24) is 10.6 Å². The third kappa shape index (κ3) is 7.42. The molecule has 0 aromatic heterocycles. The van der Waals surface area contributed by atoms with E-state index in [1.165, 1.54) is 24.3 Å². The van der Waals surface area contributed by atoms with Crippen LogP contribution < -0.4 is 10.6 Å². The molecule has 0 heterocycles. The van der Waals surface area contributed by atoms with Gasteiger partial charge in [0.05, 0.1) is 11.3 Å². The molecule has 2 amide bonds. The average Bonchev–Trinajstić information content (AvgIpc) is 2.59. The lowest BCUT2D eigenvalue weighted by atomic mass is 10.2. The van der Waals surface area contributed by atoms with E-state index in [9.17, 15) is 24.5 Å². The van der Waals surface area contributed by atoms with Gasteiger partial charge >= 0.3 is 5.97 Å². The summed E-state index contributed by atoms with van der Waals surface area (Å²) in [4.78, 5) is 44.8. The monoisotopic (exact) mass is 351 g/mol. The number of hydrogen-bond acceptors (Lipinski definition) is 6. The van der Waals surface area contributed by atoms with Crippen molar-refractivity contribution in [3.8, 4) is 0 Å². The fraction of sp³-hybridized carbons (Fsp3) is 0.438. The molecule has 1 aromatic rings. The maximum atomic E-state index is 11.8. The lowest BCUT2D eigenvalue weighted by Gasteiger charge is -2.11. The number of benzene rings is 1. The van der Waals surface area contributed by atoms with Gasteiger partial charge in [-0.15, -0.1) is 0 Å². The van der Waals surface area contributed by atoms with Crippen LogP contribution in [0.1, 0.15) is 37.0 Å². The minimum atomic E-state index is -0.608. The maximum absolute atomic E-state index is 11.8. The molecule has 9 nitrogen and oxygen atoms in total. The first kappa shape index (κ1) is 20.1. The first-order chi connectivity index (χ1) is 11.8. The molecule has 1 aromatic carbocycles. The zero-order valence-corrected chi connectivity index (χ0v) is 14.1. The highest BCUT2D eigenvalue weighted by Gasteiger charge is 2.12. The lowest BCUT2D eigenvalue weighted by molar-refractivity contribution is -0.384. The molecule has 1 atom stereocenters. The third-order valence-electron chi connectivity index (χ3n) is 3.34. The number of non-ortho nitro benzene ring substituents is 1. The summed E-state index contributed by atoms with van der Waals surface area (Å²) in [5, 5.41) is 15.7. The van der Waals surface area contributed by atoms with Crippen molar-refractivity contribution in [3.05, 3.63) is 39.9 Å². The summed E-state index contributed by atoms with van der Waals surface area (Å²) in [5.41, 5.74) is 0.127. The molecule has 1 rings (SSSR count). The molecule has 0 spiro atoms. The van der Waals surface area contributed by atoms with E-state index in [1.54, 1.807) is 0 Å². The predicted octanol–water partition coefficient (Wildman–Crippen LogP) is 1.17. The summed E-state index contributed by atoms with van der Waals surface area (Å²) in [5.74, 6) is -1.45. The predicted molar refractivity (Wildman–Crippen MR) is 88.9 cm³/mol. The number of nitrogens with one attached hydrogen (secondary N) is 2. The van der Waals surface area contributed by atoms with Gasteiger partial charge in [0.15, 0.2) is 6.61 Å². The number of amides is 2. The van der Waals surface area contributed by atoms with Crippen LogP contribution in [0.2, 0.25) is 0 Å². The Labute approximate surface area is 144 Å². The number of carbonyl (C=O) groups excluding carboxylic acids is 3. The highest BCUT2D eigenvalue weighted by molar-refractivity contribution is 5.94. The van der Waals surface area contributed by atoms with Crippen LogP contribution in [0.4, 0.5) is 5.69 Å². The quantitative estimate of drug-likeness (QED) is 0.390. The van der Waals surface area contributed by atoms with E-state index in [2.05, 4.69) is 10.6 Å². The van der Waals surface area contributed by atoms with Gasteiger partial charge in [-0.25, -0.2) is 0 Å². The van der Waals surface area contributed by atoms with E-state index in [1.807, 2.05) is 13.8 Å². The average molecular weight is 351 g/mol. The number of rotatable bonds is 9. The van der Waals surface area contributed by atoms with Crippen LogP contribution in [-0.4, -0.2) is 41.9 Å². The molecular weight excluding hydrogens is 330 g/mol. The number of esters is 1. The minimum absolute atomic E-state index is 0.00665. The summed E-state index contributed by atoms with van der Waals surface area (Å²) in [6, 6.07) is 5.10. The Morgan fingerprint density at radius 3 is 2.44 bits per heavy atom. The van der Waals surface area contributed by atoms with Gasteiger partial charge in [0, 0.05) is 30.3 Å². The van der Waals surface area contributed by atoms with E-state index >= 15 is 0 Å². The smallest absolute Gasteiger partial charge is 0.308 e. The molecule has 0 aliphatic heterocycles. The molecule has 0 bridgehead atoms. The fourth-order valence-electron chi connectivity index (χ4n) is 1.75. The Kier molecular flexibility index (Phi) is 8.04. The van der Waals surface area contributed by atoms with Crippen LogP contribution in [0.3, 0.4) is 0 Å².